The number of piperidine rings is 1. The molecule has 4 atom stereocenters. The van der Waals surface area contributed by atoms with E-state index in [1.807, 2.05) is 11.0 Å². The minimum absolute atomic E-state index is 0.122. The topological polar surface area (TPSA) is 83.0 Å². The Balaban J connectivity index is 1.65. The second-order valence-corrected chi connectivity index (χ2v) is 8.49. The van der Waals surface area contributed by atoms with E-state index in [9.17, 15) is 10.1 Å². The molecule has 1 amide bonds. The van der Waals surface area contributed by atoms with E-state index in [4.69, 9.17) is 5.73 Å². The Kier molecular flexibility index (Phi) is 4.11. The lowest BCUT2D eigenvalue weighted by atomic mass is 9.69. The van der Waals surface area contributed by atoms with Crippen molar-refractivity contribution in [2.75, 3.05) is 13.1 Å². The Morgan fingerprint density at radius 1 is 1.38 bits per heavy atom. The average Bonchev–Trinajstić information content (AvgIpc) is 3.38. The molecule has 1 aliphatic heterocycles. The van der Waals surface area contributed by atoms with Gasteiger partial charge in [0.15, 0.2) is 0 Å². The van der Waals surface area contributed by atoms with Crippen LogP contribution in [0.2, 0.25) is 0 Å². The number of aromatic nitrogens is 1. The Bertz CT molecular complexity index is 804. The molecule has 136 valence electrons. The zero-order chi connectivity index (χ0) is 18.5. The molecule has 0 spiro atoms. The molecule has 5 nitrogen and oxygen atoms in total. The molecule has 2 aliphatic carbocycles. The summed E-state index contributed by atoms with van der Waals surface area (Å²) in [5.41, 5.74) is 8.21. The predicted molar refractivity (Wildman–Crippen MR) is 99.7 cm³/mol. The predicted octanol–water partition coefficient (Wildman–Crippen LogP) is 2.70. The second kappa shape index (κ2) is 6.21. The molecule has 0 bridgehead atoms. The number of likely N-dealkylation sites (tertiary alicyclic amines) is 1. The third-order valence-electron chi connectivity index (χ3n) is 6.27. The van der Waals surface area contributed by atoms with E-state index in [1.54, 1.807) is 6.20 Å². The fraction of sp³-hybridized carbons (Fsp3) is 0.571. The maximum absolute atomic E-state index is 12.8. The van der Waals surface area contributed by atoms with E-state index >= 15 is 0 Å². The number of hydrogen-bond acceptors (Lipinski definition) is 4. The van der Waals surface area contributed by atoms with Crippen LogP contribution in [0.5, 0.6) is 0 Å². The molecule has 1 saturated carbocycles. The number of carbonyl (C=O) groups excluding carboxylic acids is 1. The van der Waals surface area contributed by atoms with E-state index in [0.29, 0.717) is 17.4 Å². The van der Waals surface area contributed by atoms with Gasteiger partial charge in [0.05, 0.1) is 16.8 Å². The van der Waals surface area contributed by atoms with Crippen molar-refractivity contribution in [1.29, 1.82) is 5.26 Å². The van der Waals surface area contributed by atoms with E-state index in [-0.39, 0.29) is 17.7 Å². The number of nitrogens with two attached hydrogens (primary N) is 1. The van der Waals surface area contributed by atoms with E-state index in [1.165, 1.54) is 0 Å². The maximum Gasteiger partial charge on any atom is 0.242 e. The summed E-state index contributed by atoms with van der Waals surface area (Å²) >= 11 is 0. The van der Waals surface area contributed by atoms with Gasteiger partial charge in [0.2, 0.25) is 5.91 Å². The van der Waals surface area contributed by atoms with Gasteiger partial charge in [-0.15, -0.1) is 0 Å². The van der Waals surface area contributed by atoms with Crippen molar-refractivity contribution in [3.63, 3.8) is 0 Å². The van der Waals surface area contributed by atoms with Crippen molar-refractivity contribution in [2.24, 2.45) is 23.5 Å². The fourth-order valence-electron chi connectivity index (χ4n) is 4.90. The van der Waals surface area contributed by atoms with Gasteiger partial charge in [-0.25, -0.2) is 0 Å². The van der Waals surface area contributed by atoms with Gasteiger partial charge in [0.1, 0.15) is 6.07 Å². The quantitative estimate of drug-likeness (QED) is 0.889. The van der Waals surface area contributed by atoms with E-state index < -0.39 is 5.54 Å². The van der Waals surface area contributed by atoms with Gasteiger partial charge in [-0.2, -0.15) is 5.26 Å². The summed E-state index contributed by atoms with van der Waals surface area (Å²) in [5, 5.41) is 9.48. The number of pyridine rings is 1. The molecule has 2 heterocycles. The lowest BCUT2D eigenvalue weighted by molar-refractivity contribution is -0.136. The SMILES string of the molecule is CC1C=C(C#N)c2ncccc2C1[C@H]1C[C@@H](C)CN(C(=O)C2(N)CC2)C1. The van der Waals surface area contributed by atoms with Crippen molar-refractivity contribution < 1.29 is 4.79 Å². The maximum atomic E-state index is 12.8. The van der Waals surface area contributed by atoms with E-state index in [2.05, 4.69) is 37.0 Å². The number of nitrogens with zero attached hydrogens (tertiary/aromatic N) is 3. The van der Waals surface area contributed by atoms with E-state index in [0.717, 1.165) is 43.6 Å². The van der Waals surface area contributed by atoms with Crippen LogP contribution in [0.15, 0.2) is 24.4 Å². The summed E-state index contributed by atoms with van der Waals surface area (Å²) in [5.74, 6) is 1.47. The molecule has 3 aliphatic rings. The number of amides is 1. The first-order valence-corrected chi connectivity index (χ1v) is 9.58. The van der Waals surface area contributed by atoms with Gasteiger partial charge < -0.3 is 10.6 Å². The first-order valence-electron chi connectivity index (χ1n) is 9.58. The smallest absolute Gasteiger partial charge is 0.242 e. The molecule has 4 rings (SSSR count). The minimum Gasteiger partial charge on any atom is -0.341 e. The van der Waals surface area contributed by atoms with Crippen molar-refractivity contribution in [3.8, 4) is 6.07 Å². The monoisotopic (exact) mass is 350 g/mol. The number of rotatable bonds is 2. The largest absolute Gasteiger partial charge is 0.341 e. The van der Waals surface area contributed by atoms with Crippen LogP contribution < -0.4 is 5.73 Å². The molecule has 1 aromatic rings. The van der Waals surface area contributed by atoms with Crippen LogP contribution >= 0.6 is 0 Å². The fourth-order valence-corrected chi connectivity index (χ4v) is 4.90. The third-order valence-corrected chi connectivity index (χ3v) is 6.27. The van der Waals surface area contributed by atoms with Crippen LogP contribution in [0.25, 0.3) is 5.57 Å². The Morgan fingerprint density at radius 2 is 2.15 bits per heavy atom. The van der Waals surface area contributed by atoms with Crippen LogP contribution in [-0.4, -0.2) is 34.4 Å². The molecular weight excluding hydrogens is 324 g/mol. The number of nitriles is 1. The molecule has 2 N–H and O–H groups in total. The molecule has 1 saturated heterocycles. The molecule has 1 aromatic heterocycles. The minimum atomic E-state index is -0.604. The second-order valence-electron chi connectivity index (χ2n) is 8.49. The van der Waals surface area contributed by atoms with Gasteiger partial charge in [-0.1, -0.05) is 26.0 Å². The van der Waals surface area contributed by atoms with Crippen molar-refractivity contribution in [1.82, 2.24) is 9.88 Å². The van der Waals surface area contributed by atoms with Crippen LogP contribution in [0.3, 0.4) is 0 Å². The summed E-state index contributed by atoms with van der Waals surface area (Å²) in [6.45, 7) is 5.95. The molecule has 26 heavy (non-hydrogen) atoms. The molecule has 0 aromatic carbocycles. The summed E-state index contributed by atoms with van der Waals surface area (Å²) in [6.07, 6.45) is 6.50. The zero-order valence-electron chi connectivity index (χ0n) is 15.5. The summed E-state index contributed by atoms with van der Waals surface area (Å²) in [7, 11) is 0. The van der Waals surface area contributed by atoms with Gasteiger partial charge >= 0.3 is 0 Å². The van der Waals surface area contributed by atoms with Gasteiger partial charge in [-0.05, 0) is 54.6 Å². The summed E-state index contributed by atoms with van der Waals surface area (Å²) in [4.78, 5) is 19.3. The summed E-state index contributed by atoms with van der Waals surface area (Å²) in [6, 6.07) is 6.35. The van der Waals surface area contributed by atoms with Crippen molar-refractivity contribution in [3.05, 3.63) is 35.7 Å². The highest BCUT2D eigenvalue weighted by Crippen LogP contribution is 2.45. The highest BCUT2D eigenvalue weighted by molar-refractivity contribution is 5.89. The van der Waals surface area contributed by atoms with Gasteiger partial charge in [-0.3, -0.25) is 9.78 Å². The van der Waals surface area contributed by atoms with Gasteiger partial charge in [0.25, 0.3) is 0 Å². The van der Waals surface area contributed by atoms with Crippen molar-refractivity contribution >= 4 is 11.5 Å². The molecule has 2 unspecified atom stereocenters. The number of hydrogen-bond donors (Lipinski definition) is 1. The highest BCUT2D eigenvalue weighted by Gasteiger charge is 2.50. The zero-order valence-corrected chi connectivity index (χ0v) is 15.5. The van der Waals surface area contributed by atoms with Crippen LogP contribution in [0.1, 0.15) is 50.3 Å². The molecular formula is C21H26N4O. The normalized spacial score (nSPS) is 32.2. The Labute approximate surface area is 154 Å². The van der Waals surface area contributed by atoms with Crippen LogP contribution in [0, 0.1) is 29.1 Å². The van der Waals surface area contributed by atoms with Crippen molar-refractivity contribution in [2.45, 2.75) is 44.6 Å². The number of allylic oxidation sites excluding steroid dienone is 2. The van der Waals surface area contributed by atoms with Gasteiger partial charge in [0, 0.05) is 19.3 Å². The molecule has 5 heteroatoms. The first-order chi connectivity index (χ1) is 12.4. The average molecular weight is 350 g/mol. The first kappa shape index (κ1) is 17.2. The standard InChI is InChI=1S/C21H26N4O/c1-13-8-16(12-25(11-13)20(26)21(23)5-6-21)18-14(2)9-15(10-22)19-17(18)4-3-7-24-19/h3-4,7,9,13-14,16,18H,5-6,8,11-12,23H2,1-2H3/t13-,14?,16+,18?/m1/s1. The van der Waals surface area contributed by atoms with Crippen LogP contribution in [-0.2, 0) is 4.79 Å². The summed E-state index contributed by atoms with van der Waals surface area (Å²) < 4.78 is 0. The lowest BCUT2D eigenvalue weighted by Gasteiger charge is -2.43. The number of carbonyl (C=O) groups is 1. The highest BCUT2D eigenvalue weighted by atomic mass is 16.2. The van der Waals surface area contributed by atoms with Crippen LogP contribution in [0.4, 0.5) is 0 Å². The number of fused-ring (bicyclic) bond motifs is 1. The Hall–Kier alpha value is -2.19. The lowest BCUT2D eigenvalue weighted by Crippen LogP contribution is -2.52. The third kappa shape index (κ3) is 2.83. The molecule has 2 fully saturated rings. The molecule has 0 radical (unpaired) electrons. The Morgan fingerprint density at radius 3 is 2.85 bits per heavy atom.